The zero-order chi connectivity index (χ0) is 13.5. The maximum absolute atomic E-state index is 13.0. The highest BCUT2D eigenvalue weighted by atomic mass is 35.5. The highest BCUT2D eigenvalue weighted by Crippen LogP contribution is 2.11. The standard InChI is InChI=1S/C13H16ClF2NO/c1-17(13(18)4-2-3-7-14)9-10-5-6-11(15)12(16)8-10/h5-6,8H,2-4,7,9H2,1H3. The Morgan fingerprint density at radius 1 is 1.28 bits per heavy atom. The lowest BCUT2D eigenvalue weighted by molar-refractivity contribution is -0.130. The van der Waals surface area contributed by atoms with Crippen LogP contribution in [0.25, 0.3) is 0 Å². The number of hydrogen-bond acceptors (Lipinski definition) is 1. The highest BCUT2D eigenvalue weighted by Gasteiger charge is 2.10. The number of amides is 1. The second-order valence-electron chi connectivity index (χ2n) is 4.14. The second kappa shape index (κ2) is 7.31. The minimum absolute atomic E-state index is 0.0233. The lowest BCUT2D eigenvalue weighted by atomic mass is 10.2. The second-order valence-corrected chi connectivity index (χ2v) is 4.52. The van der Waals surface area contributed by atoms with Gasteiger partial charge in [-0.15, -0.1) is 11.6 Å². The van der Waals surface area contributed by atoms with Crippen LogP contribution in [0.5, 0.6) is 0 Å². The smallest absolute Gasteiger partial charge is 0.222 e. The van der Waals surface area contributed by atoms with Gasteiger partial charge in [-0.25, -0.2) is 8.78 Å². The fourth-order valence-corrected chi connectivity index (χ4v) is 1.75. The van der Waals surface area contributed by atoms with E-state index in [-0.39, 0.29) is 12.5 Å². The van der Waals surface area contributed by atoms with Crippen molar-refractivity contribution in [3.05, 3.63) is 35.4 Å². The van der Waals surface area contributed by atoms with Crippen LogP contribution in [0.3, 0.4) is 0 Å². The summed E-state index contributed by atoms with van der Waals surface area (Å²) in [6.45, 7) is 0.275. The Labute approximate surface area is 111 Å². The molecule has 0 heterocycles. The van der Waals surface area contributed by atoms with Crippen molar-refractivity contribution in [1.82, 2.24) is 4.90 Å². The minimum atomic E-state index is -0.893. The first kappa shape index (κ1) is 14.9. The summed E-state index contributed by atoms with van der Waals surface area (Å²) in [4.78, 5) is 13.2. The van der Waals surface area contributed by atoms with Crippen LogP contribution < -0.4 is 0 Å². The number of carbonyl (C=O) groups is 1. The summed E-state index contributed by atoms with van der Waals surface area (Å²) in [6, 6.07) is 3.65. The van der Waals surface area contributed by atoms with Crippen LogP contribution in [0.1, 0.15) is 24.8 Å². The maximum Gasteiger partial charge on any atom is 0.222 e. The number of alkyl halides is 1. The van der Waals surface area contributed by atoms with Crippen molar-refractivity contribution in [2.45, 2.75) is 25.8 Å². The Balaban J connectivity index is 2.50. The van der Waals surface area contributed by atoms with Gasteiger partial charge in [0.15, 0.2) is 11.6 Å². The molecule has 0 radical (unpaired) electrons. The Morgan fingerprint density at radius 3 is 2.61 bits per heavy atom. The van der Waals surface area contributed by atoms with E-state index in [4.69, 9.17) is 11.6 Å². The van der Waals surface area contributed by atoms with E-state index in [9.17, 15) is 13.6 Å². The van der Waals surface area contributed by atoms with Crippen molar-refractivity contribution < 1.29 is 13.6 Å². The topological polar surface area (TPSA) is 20.3 Å². The highest BCUT2D eigenvalue weighted by molar-refractivity contribution is 6.17. The summed E-state index contributed by atoms with van der Waals surface area (Å²) >= 11 is 5.52. The summed E-state index contributed by atoms with van der Waals surface area (Å²) in [6.07, 6.45) is 1.96. The van der Waals surface area contributed by atoms with Gasteiger partial charge < -0.3 is 4.90 Å². The van der Waals surface area contributed by atoms with E-state index in [1.165, 1.54) is 11.0 Å². The molecule has 0 N–H and O–H groups in total. The Bertz CT molecular complexity index is 412. The first-order chi connectivity index (χ1) is 8.54. The number of hydrogen-bond donors (Lipinski definition) is 0. The largest absolute Gasteiger partial charge is 0.341 e. The van der Waals surface area contributed by atoms with Gasteiger partial charge in [-0.1, -0.05) is 6.07 Å². The molecule has 0 spiro atoms. The number of halogens is 3. The maximum atomic E-state index is 13.0. The summed E-state index contributed by atoms with van der Waals surface area (Å²) < 4.78 is 25.7. The number of unbranched alkanes of at least 4 members (excludes halogenated alkanes) is 1. The third-order valence-corrected chi connectivity index (χ3v) is 2.87. The molecule has 1 amide bonds. The van der Waals surface area contributed by atoms with E-state index >= 15 is 0 Å². The van der Waals surface area contributed by atoms with Crippen molar-refractivity contribution in [3.63, 3.8) is 0 Å². The average molecular weight is 276 g/mol. The Kier molecular flexibility index (Phi) is 6.05. The predicted molar refractivity (Wildman–Crippen MR) is 67.4 cm³/mol. The zero-order valence-electron chi connectivity index (χ0n) is 10.3. The van der Waals surface area contributed by atoms with Crippen molar-refractivity contribution in [2.75, 3.05) is 12.9 Å². The SMILES string of the molecule is CN(Cc1ccc(F)c(F)c1)C(=O)CCCCCl. The molecule has 100 valence electrons. The molecule has 1 rings (SSSR count). The van der Waals surface area contributed by atoms with E-state index in [0.717, 1.165) is 25.0 Å². The van der Waals surface area contributed by atoms with E-state index in [2.05, 4.69) is 0 Å². The molecule has 1 aromatic carbocycles. The fraction of sp³-hybridized carbons (Fsp3) is 0.462. The van der Waals surface area contributed by atoms with Gasteiger partial charge in [0, 0.05) is 25.9 Å². The summed E-state index contributed by atoms with van der Waals surface area (Å²) in [5, 5.41) is 0. The lowest BCUT2D eigenvalue weighted by Crippen LogP contribution is -2.25. The number of carbonyl (C=O) groups excluding carboxylic acids is 1. The van der Waals surface area contributed by atoms with Gasteiger partial charge in [0.05, 0.1) is 0 Å². The van der Waals surface area contributed by atoms with Crippen LogP contribution in [-0.2, 0) is 11.3 Å². The quantitative estimate of drug-likeness (QED) is 0.576. The molecule has 0 aliphatic rings. The molecule has 18 heavy (non-hydrogen) atoms. The molecule has 0 atom stereocenters. The van der Waals surface area contributed by atoms with E-state index in [0.29, 0.717) is 17.9 Å². The minimum Gasteiger partial charge on any atom is -0.341 e. The number of benzene rings is 1. The molecule has 0 saturated carbocycles. The van der Waals surface area contributed by atoms with E-state index in [1.807, 2.05) is 0 Å². The molecule has 0 saturated heterocycles. The van der Waals surface area contributed by atoms with Crippen molar-refractivity contribution in [2.24, 2.45) is 0 Å². The van der Waals surface area contributed by atoms with Gasteiger partial charge in [-0.05, 0) is 30.5 Å². The van der Waals surface area contributed by atoms with Crippen LogP contribution in [0.2, 0.25) is 0 Å². The van der Waals surface area contributed by atoms with Gasteiger partial charge in [0.25, 0.3) is 0 Å². The predicted octanol–water partition coefficient (Wildman–Crippen LogP) is 3.33. The first-order valence-electron chi connectivity index (χ1n) is 5.78. The van der Waals surface area contributed by atoms with Gasteiger partial charge in [0.1, 0.15) is 0 Å². The normalized spacial score (nSPS) is 10.4. The van der Waals surface area contributed by atoms with Gasteiger partial charge in [-0.2, -0.15) is 0 Å². The van der Waals surface area contributed by atoms with Gasteiger partial charge >= 0.3 is 0 Å². The lowest BCUT2D eigenvalue weighted by Gasteiger charge is -2.17. The van der Waals surface area contributed by atoms with Crippen LogP contribution in [0, 0.1) is 11.6 Å². The molecule has 2 nitrogen and oxygen atoms in total. The molecule has 5 heteroatoms. The van der Waals surface area contributed by atoms with E-state index < -0.39 is 11.6 Å². The van der Waals surface area contributed by atoms with Gasteiger partial charge in [0.2, 0.25) is 5.91 Å². The summed E-state index contributed by atoms with van der Waals surface area (Å²) in [5.74, 6) is -1.25. The van der Waals surface area contributed by atoms with E-state index in [1.54, 1.807) is 7.05 Å². The molecule has 0 unspecified atom stereocenters. The van der Waals surface area contributed by atoms with Crippen LogP contribution in [0.15, 0.2) is 18.2 Å². The van der Waals surface area contributed by atoms with Crippen molar-refractivity contribution in [3.8, 4) is 0 Å². The monoisotopic (exact) mass is 275 g/mol. The molecule has 0 aliphatic carbocycles. The van der Waals surface area contributed by atoms with Crippen LogP contribution >= 0.6 is 11.6 Å². The number of nitrogens with zero attached hydrogens (tertiary/aromatic N) is 1. The zero-order valence-corrected chi connectivity index (χ0v) is 11.0. The molecular formula is C13H16ClF2NO. The van der Waals surface area contributed by atoms with Crippen molar-refractivity contribution >= 4 is 17.5 Å². The fourth-order valence-electron chi connectivity index (χ4n) is 1.56. The van der Waals surface area contributed by atoms with Crippen molar-refractivity contribution in [1.29, 1.82) is 0 Å². The molecule has 0 fully saturated rings. The summed E-state index contributed by atoms with van der Waals surface area (Å²) in [5.41, 5.74) is 0.571. The Hall–Kier alpha value is -1.16. The third kappa shape index (κ3) is 4.61. The van der Waals surface area contributed by atoms with Crippen LogP contribution in [-0.4, -0.2) is 23.7 Å². The molecule has 0 aromatic heterocycles. The molecule has 0 bridgehead atoms. The summed E-state index contributed by atoms with van der Waals surface area (Å²) in [7, 11) is 1.64. The van der Waals surface area contributed by atoms with Crippen LogP contribution in [0.4, 0.5) is 8.78 Å². The molecular weight excluding hydrogens is 260 g/mol. The Morgan fingerprint density at radius 2 is 2.00 bits per heavy atom. The number of rotatable bonds is 6. The first-order valence-corrected chi connectivity index (χ1v) is 6.32. The van der Waals surface area contributed by atoms with Gasteiger partial charge in [-0.3, -0.25) is 4.79 Å². The molecule has 0 aliphatic heterocycles. The third-order valence-electron chi connectivity index (χ3n) is 2.60. The average Bonchev–Trinajstić information content (AvgIpc) is 2.34. The molecule has 1 aromatic rings.